The topological polar surface area (TPSA) is 20.2 Å². The zero-order chi connectivity index (χ0) is 12.2. The van der Waals surface area contributed by atoms with Crippen LogP contribution in [0.25, 0.3) is 6.08 Å². The molecule has 0 aliphatic heterocycles. The van der Waals surface area contributed by atoms with Crippen LogP contribution in [0.4, 0.5) is 8.78 Å². The van der Waals surface area contributed by atoms with E-state index in [1.54, 1.807) is 12.1 Å². The van der Waals surface area contributed by atoms with Crippen molar-refractivity contribution in [2.45, 2.75) is 12.5 Å². The van der Waals surface area contributed by atoms with Crippen LogP contribution >= 0.6 is 11.6 Å². The molecule has 1 nitrogen and oxygen atoms in total. The molecule has 0 bridgehead atoms. The minimum absolute atomic E-state index is 0.798. The quantitative estimate of drug-likeness (QED) is 0.858. The molecule has 1 aromatic carbocycles. The molecular weight excluding hydrogens is 234 g/mol. The van der Waals surface area contributed by atoms with Gasteiger partial charge in [0.2, 0.25) is 0 Å². The standard InChI is InChI=1S/C12H11ClF2O/c1-12(16,10(13)11(14)15)8-7-9-5-3-2-4-6-9/h2-8,16H,1H3/b8-7+. The summed E-state index contributed by atoms with van der Waals surface area (Å²) >= 11 is 5.30. The summed E-state index contributed by atoms with van der Waals surface area (Å²) in [6.45, 7) is 1.20. The van der Waals surface area contributed by atoms with Gasteiger partial charge in [0.1, 0.15) is 10.6 Å². The highest BCUT2D eigenvalue weighted by atomic mass is 35.5. The Kier molecular flexibility index (Phi) is 4.21. The number of benzene rings is 1. The van der Waals surface area contributed by atoms with Crippen molar-refractivity contribution < 1.29 is 13.9 Å². The first-order chi connectivity index (χ1) is 7.43. The summed E-state index contributed by atoms with van der Waals surface area (Å²) in [5, 5.41) is 8.80. The van der Waals surface area contributed by atoms with Crippen LogP contribution in [-0.2, 0) is 0 Å². The normalized spacial score (nSPS) is 14.8. The van der Waals surface area contributed by atoms with Crippen molar-refractivity contribution in [3.05, 3.63) is 53.1 Å². The van der Waals surface area contributed by atoms with Gasteiger partial charge in [0.25, 0.3) is 6.08 Å². The van der Waals surface area contributed by atoms with Crippen molar-refractivity contribution in [1.29, 1.82) is 0 Å². The van der Waals surface area contributed by atoms with Crippen LogP contribution in [0.5, 0.6) is 0 Å². The second-order valence-corrected chi connectivity index (χ2v) is 3.84. The third-order valence-electron chi connectivity index (χ3n) is 2.01. The highest BCUT2D eigenvalue weighted by Gasteiger charge is 2.25. The summed E-state index contributed by atoms with van der Waals surface area (Å²) in [7, 11) is 0. The van der Waals surface area contributed by atoms with Gasteiger partial charge < -0.3 is 5.11 Å². The smallest absolute Gasteiger partial charge is 0.287 e. The number of hydrogen-bond acceptors (Lipinski definition) is 1. The Labute approximate surface area is 97.7 Å². The van der Waals surface area contributed by atoms with Crippen LogP contribution < -0.4 is 0 Å². The van der Waals surface area contributed by atoms with Crippen molar-refractivity contribution in [1.82, 2.24) is 0 Å². The Balaban J connectivity index is 2.89. The van der Waals surface area contributed by atoms with Crippen LogP contribution in [0, 0.1) is 0 Å². The van der Waals surface area contributed by atoms with Gasteiger partial charge in [-0.1, -0.05) is 48.0 Å². The van der Waals surface area contributed by atoms with Crippen molar-refractivity contribution in [2.24, 2.45) is 0 Å². The first-order valence-corrected chi connectivity index (χ1v) is 4.99. The lowest BCUT2D eigenvalue weighted by Crippen LogP contribution is -2.21. The Morgan fingerprint density at radius 3 is 2.38 bits per heavy atom. The molecule has 0 spiro atoms. The summed E-state index contributed by atoms with van der Waals surface area (Å²) < 4.78 is 24.4. The van der Waals surface area contributed by atoms with Crippen LogP contribution in [-0.4, -0.2) is 10.7 Å². The van der Waals surface area contributed by atoms with Crippen molar-refractivity contribution in [3.8, 4) is 0 Å². The van der Waals surface area contributed by atoms with Gasteiger partial charge >= 0.3 is 0 Å². The molecule has 0 radical (unpaired) electrons. The molecule has 1 rings (SSSR count). The molecule has 86 valence electrons. The lowest BCUT2D eigenvalue weighted by atomic mass is 10.0. The summed E-state index contributed by atoms with van der Waals surface area (Å²) in [6, 6.07) is 9.03. The van der Waals surface area contributed by atoms with E-state index in [0.29, 0.717) is 0 Å². The maximum absolute atomic E-state index is 12.2. The van der Waals surface area contributed by atoms with E-state index in [2.05, 4.69) is 0 Å². The molecule has 0 aliphatic carbocycles. The number of rotatable bonds is 3. The maximum atomic E-state index is 12.2. The van der Waals surface area contributed by atoms with E-state index in [4.69, 9.17) is 11.6 Å². The number of aliphatic hydroxyl groups is 1. The molecule has 1 atom stereocenters. The first kappa shape index (κ1) is 12.9. The Morgan fingerprint density at radius 1 is 1.31 bits per heavy atom. The average Bonchev–Trinajstić information content (AvgIpc) is 2.27. The van der Waals surface area contributed by atoms with Gasteiger partial charge in [0, 0.05) is 0 Å². The lowest BCUT2D eigenvalue weighted by molar-refractivity contribution is 0.153. The maximum Gasteiger partial charge on any atom is 0.287 e. The summed E-state index contributed by atoms with van der Waals surface area (Å²) in [5.41, 5.74) is -1.05. The Morgan fingerprint density at radius 2 is 1.88 bits per heavy atom. The zero-order valence-corrected chi connectivity index (χ0v) is 9.38. The third kappa shape index (κ3) is 3.43. The predicted octanol–water partition coefficient (Wildman–Crippen LogP) is 3.80. The van der Waals surface area contributed by atoms with Gasteiger partial charge in [0.05, 0.1) is 0 Å². The SMILES string of the molecule is CC(O)(/C=C/c1ccccc1)C(Cl)=C(F)F. The van der Waals surface area contributed by atoms with E-state index in [1.807, 2.05) is 18.2 Å². The van der Waals surface area contributed by atoms with Gasteiger partial charge in [-0.3, -0.25) is 0 Å². The highest BCUT2D eigenvalue weighted by Crippen LogP contribution is 2.27. The second kappa shape index (κ2) is 5.23. The monoisotopic (exact) mass is 244 g/mol. The Hall–Kier alpha value is -1.19. The number of hydrogen-bond donors (Lipinski definition) is 1. The van der Waals surface area contributed by atoms with E-state index in [9.17, 15) is 13.9 Å². The van der Waals surface area contributed by atoms with E-state index >= 15 is 0 Å². The summed E-state index contributed by atoms with van der Waals surface area (Å²) in [6.07, 6.45) is 0.680. The minimum Gasteiger partial charge on any atom is -0.380 e. The van der Waals surface area contributed by atoms with E-state index in [-0.39, 0.29) is 0 Å². The molecular formula is C12H11ClF2O. The van der Waals surface area contributed by atoms with Gasteiger partial charge in [-0.15, -0.1) is 0 Å². The molecule has 0 saturated carbocycles. The molecule has 16 heavy (non-hydrogen) atoms. The molecule has 1 aromatic rings. The zero-order valence-electron chi connectivity index (χ0n) is 8.62. The summed E-state index contributed by atoms with van der Waals surface area (Å²) in [4.78, 5) is 0. The van der Waals surface area contributed by atoms with Crippen LogP contribution in [0.2, 0.25) is 0 Å². The van der Waals surface area contributed by atoms with Crippen LogP contribution in [0.3, 0.4) is 0 Å². The minimum atomic E-state index is -2.08. The highest BCUT2D eigenvalue weighted by molar-refractivity contribution is 6.31. The molecule has 4 heteroatoms. The molecule has 0 saturated heterocycles. The van der Waals surface area contributed by atoms with E-state index in [0.717, 1.165) is 5.56 Å². The van der Waals surface area contributed by atoms with Gasteiger partial charge in [-0.2, -0.15) is 8.78 Å². The van der Waals surface area contributed by atoms with Gasteiger partial charge in [-0.25, -0.2) is 0 Å². The summed E-state index contributed by atoms with van der Waals surface area (Å²) in [5.74, 6) is 0. The van der Waals surface area contributed by atoms with Crippen molar-refractivity contribution in [3.63, 3.8) is 0 Å². The third-order valence-corrected chi connectivity index (χ3v) is 2.54. The molecule has 0 aliphatic rings. The van der Waals surface area contributed by atoms with E-state index < -0.39 is 16.7 Å². The molecule has 0 aromatic heterocycles. The molecule has 1 N–H and O–H groups in total. The van der Waals surface area contributed by atoms with E-state index in [1.165, 1.54) is 19.1 Å². The average molecular weight is 245 g/mol. The second-order valence-electron chi connectivity index (χ2n) is 3.47. The molecule has 0 amide bonds. The van der Waals surface area contributed by atoms with Gasteiger partial charge in [0.15, 0.2) is 0 Å². The largest absolute Gasteiger partial charge is 0.380 e. The van der Waals surface area contributed by atoms with Gasteiger partial charge in [-0.05, 0) is 18.6 Å². The van der Waals surface area contributed by atoms with Crippen molar-refractivity contribution >= 4 is 17.7 Å². The molecule has 0 fully saturated rings. The fourth-order valence-corrected chi connectivity index (χ4v) is 1.15. The van der Waals surface area contributed by atoms with Crippen LogP contribution in [0.15, 0.2) is 47.5 Å². The molecule has 0 heterocycles. The molecule has 1 unspecified atom stereocenters. The lowest BCUT2D eigenvalue weighted by Gasteiger charge is -2.16. The fraction of sp³-hybridized carbons (Fsp3) is 0.167. The first-order valence-electron chi connectivity index (χ1n) is 4.61. The fourth-order valence-electron chi connectivity index (χ4n) is 1.09. The van der Waals surface area contributed by atoms with Crippen molar-refractivity contribution in [2.75, 3.05) is 0 Å². The Bertz CT molecular complexity index is 406. The van der Waals surface area contributed by atoms with Crippen LogP contribution in [0.1, 0.15) is 12.5 Å². The predicted molar refractivity (Wildman–Crippen MR) is 61.2 cm³/mol. The number of halogens is 3.